The standard InChI is InChI=1S/C13H14FNO3/c1-8-4-5-10(14)9(7-8)12(16)15-6-2-3-11(15)13(17)18/h4-5,7,11H,2-3,6H2,1H3,(H,17,18)/t11-/m1/s1. The van der Waals surface area contributed by atoms with Crippen LogP contribution in [0.1, 0.15) is 28.8 Å². The van der Waals surface area contributed by atoms with Crippen molar-refractivity contribution in [3.63, 3.8) is 0 Å². The molecule has 1 aliphatic rings. The number of halogens is 1. The van der Waals surface area contributed by atoms with Crippen molar-refractivity contribution in [2.45, 2.75) is 25.8 Å². The van der Waals surface area contributed by atoms with E-state index in [-0.39, 0.29) is 5.56 Å². The third-order valence-corrected chi connectivity index (χ3v) is 3.15. The lowest BCUT2D eigenvalue weighted by atomic mass is 10.1. The first-order valence-corrected chi connectivity index (χ1v) is 5.80. The molecular formula is C13H14FNO3. The van der Waals surface area contributed by atoms with Crippen molar-refractivity contribution in [2.24, 2.45) is 0 Å². The minimum atomic E-state index is -1.03. The maximum absolute atomic E-state index is 13.6. The first-order valence-electron chi connectivity index (χ1n) is 5.80. The van der Waals surface area contributed by atoms with E-state index in [1.54, 1.807) is 13.0 Å². The summed E-state index contributed by atoms with van der Waals surface area (Å²) in [4.78, 5) is 24.4. The van der Waals surface area contributed by atoms with Crippen LogP contribution in [-0.2, 0) is 4.79 Å². The second-order valence-electron chi connectivity index (χ2n) is 4.48. The minimum Gasteiger partial charge on any atom is -0.480 e. The molecule has 1 aromatic rings. The van der Waals surface area contributed by atoms with E-state index in [0.717, 1.165) is 5.56 Å². The zero-order chi connectivity index (χ0) is 13.3. The molecule has 1 heterocycles. The number of hydrogen-bond acceptors (Lipinski definition) is 2. The number of likely N-dealkylation sites (tertiary alicyclic amines) is 1. The molecule has 0 aliphatic carbocycles. The summed E-state index contributed by atoms with van der Waals surface area (Å²) < 4.78 is 13.6. The van der Waals surface area contributed by atoms with Gasteiger partial charge < -0.3 is 10.0 Å². The summed E-state index contributed by atoms with van der Waals surface area (Å²) in [5.41, 5.74) is 0.717. The van der Waals surface area contributed by atoms with Crippen molar-refractivity contribution >= 4 is 11.9 Å². The van der Waals surface area contributed by atoms with Crippen LogP contribution in [0.25, 0.3) is 0 Å². The van der Waals surface area contributed by atoms with Crippen LogP contribution >= 0.6 is 0 Å². The largest absolute Gasteiger partial charge is 0.480 e. The summed E-state index contributed by atoms with van der Waals surface area (Å²) in [6.45, 7) is 2.12. The Balaban J connectivity index is 2.31. The van der Waals surface area contributed by atoms with Gasteiger partial charge in [0.2, 0.25) is 0 Å². The molecule has 0 aromatic heterocycles. The zero-order valence-corrected chi connectivity index (χ0v) is 10.0. The van der Waals surface area contributed by atoms with E-state index in [1.165, 1.54) is 17.0 Å². The number of benzene rings is 1. The van der Waals surface area contributed by atoms with Gasteiger partial charge in [-0.1, -0.05) is 11.6 Å². The Morgan fingerprint density at radius 2 is 2.17 bits per heavy atom. The molecule has 1 saturated heterocycles. The Bertz CT molecular complexity index is 501. The first kappa shape index (κ1) is 12.5. The van der Waals surface area contributed by atoms with Gasteiger partial charge in [0.25, 0.3) is 5.91 Å². The van der Waals surface area contributed by atoms with Gasteiger partial charge in [-0.05, 0) is 31.9 Å². The number of aliphatic carboxylic acids is 1. The molecule has 1 fully saturated rings. The van der Waals surface area contributed by atoms with Crippen LogP contribution in [0.4, 0.5) is 4.39 Å². The second kappa shape index (κ2) is 4.76. The highest BCUT2D eigenvalue weighted by atomic mass is 19.1. The van der Waals surface area contributed by atoms with Crippen molar-refractivity contribution in [2.75, 3.05) is 6.54 Å². The van der Waals surface area contributed by atoms with Crippen molar-refractivity contribution in [1.29, 1.82) is 0 Å². The second-order valence-corrected chi connectivity index (χ2v) is 4.48. The third-order valence-electron chi connectivity index (χ3n) is 3.15. The molecule has 0 bridgehead atoms. The molecule has 1 amide bonds. The van der Waals surface area contributed by atoms with E-state index in [9.17, 15) is 14.0 Å². The Kier molecular flexibility index (Phi) is 3.32. The molecular weight excluding hydrogens is 237 g/mol. The lowest BCUT2D eigenvalue weighted by Crippen LogP contribution is -2.40. The van der Waals surface area contributed by atoms with Crippen LogP contribution in [-0.4, -0.2) is 34.5 Å². The fraction of sp³-hybridized carbons (Fsp3) is 0.385. The quantitative estimate of drug-likeness (QED) is 0.872. The van der Waals surface area contributed by atoms with Gasteiger partial charge in [0.05, 0.1) is 5.56 Å². The topological polar surface area (TPSA) is 57.6 Å². The predicted octanol–water partition coefficient (Wildman–Crippen LogP) is 1.82. The fourth-order valence-corrected chi connectivity index (χ4v) is 2.22. The number of aryl methyl sites for hydroxylation is 1. The number of rotatable bonds is 2. The van der Waals surface area contributed by atoms with Gasteiger partial charge in [-0.25, -0.2) is 9.18 Å². The predicted molar refractivity (Wildman–Crippen MR) is 62.8 cm³/mol. The lowest BCUT2D eigenvalue weighted by Gasteiger charge is -2.21. The van der Waals surface area contributed by atoms with E-state index < -0.39 is 23.7 Å². The fourth-order valence-electron chi connectivity index (χ4n) is 2.22. The van der Waals surface area contributed by atoms with Crippen LogP contribution in [0.15, 0.2) is 18.2 Å². The number of nitrogens with zero attached hydrogens (tertiary/aromatic N) is 1. The van der Waals surface area contributed by atoms with E-state index >= 15 is 0 Å². The maximum Gasteiger partial charge on any atom is 0.326 e. The summed E-state index contributed by atoms with van der Waals surface area (Å²) in [6, 6.07) is 3.42. The van der Waals surface area contributed by atoms with Crippen LogP contribution in [0.2, 0.25) is 0 Å². The first-order chi connectivity index (χ1) is 8.50. The van der Waals surface area contributed by atoms with Crippen molar-refractivity contribution < 1.29 is 19.1 Å². The number of carbonyl (C=O) groups is 2. The van der Waals surface area contributed by atoms with Gasteiger partial charge in [-0.3, -0.25) is 4.79 Å². The highest BCUT2D eigenvalue weighted by Gasteiger charge is 2.35. The summed E-state index contributed by atoms with van der Waals surface area (Å²) in [6.07, 6.45) is 1.06. The summed E-state index contributed by atoms with van der Waals surface area (Å²) in [5, 5.41) is 9.02. The van der Waals surface area contributed by atoms with Crippen LogP contribution < -0.4 is 0 Å². The van der Waals surface area contributed by atoms with Gasteiger partial charge in [0, 0.05) is 6.54 Å². The molecule has 0 radical (unpaired) electrons. The van der Waals surface area contributed by atoms with E-state index in [1.807, 2.05) is 0 Å². The van der Waals surface area contributed by atoms with E-state index in [0.29, 0.717) is 19.4 Å². The van der Waals surface area contributed by atoms with Gasteiger partial charge >= 0.3 is 5.97 Å². The van der Waals surface area contributed by atoms with E-state index in [4.69, 9.17) is 5.11 Å². The van der Waals surface area contributed by atoms with Crippen molar-refractivity contribution in [1.82, 2.24) is 4.90 Å². The van der Waals surface area contributed by atoms with Gasteiger partial charge in [0.1, 0.15) is 11.9 Å². The van der Waals surface area contributed by atoms with Crippen LogP contribution in [0, 0.1) is 12.7 Å². The van der Waals surface area contributed by atoms with E-state index in [2.05, 4.69) is 0 Å². The number of carbonyl (C=O) groups excluding carboxylic acids is 1. The van der Waals surface area contributed by atoms with Gasteiger partial charge in [0.15, 0.2) is 0 Å². The number of carboxylic acid groups (broad SMARTS) is 1. The molecule has 1 N–H and O–H groups in total. The molecule has 0 spiro atoms. The molecule has 1 aliphatic heterocycles. The molecule has 5 heteroatoms. The Morgan fingerprint density at radius 1 is 1.44 bits per heavy atom. The molecule has 0 unspecified atom stereocenters. The molecule has 18 heavy (non-hydrogen) atoms. The zero-order valence-electron chi connectivity index (χ0n) is 10.0. The molecule has 1 atom stereocenters. The smallest absolute Gasteiger partial charge is 0.326 e. The summed E-state index contributed by atoms with van der Waals surface area (Å²) >= 11 is 0. The monoisotopic (exact) mass is 251 g/mol. The maximum atomic E-state index is 13.6. The Morgan fingerprint density at radius 3 is 2.83 bits per heavy atom. The minimum absolute atomic E-state index is 0.0526. The van der Waals surface area contributed by atoms with Crippen molar-refractivity contribution in [3.8, 4) is 0 Å². The number of hydrogen-bond donors (Lipinski definition) is 1. The van der Waals surface area contributed by atoms with Crippen LogP contribution in [0.5, 0.6) is 0 Å². The average molecular weight is 251 g/mol. The van der Waals surface area contributed by atoms with Crippen molar-refractivity contribution in [3.05, 3.63) is 35.1 Å². The number of amides is 1. The molecule has 2 rings (SSSR count). The summed E-state index contributed by atoms with van der Waals surface area (Å²) in [7, 11) is 0. The third kappa shape index (κ3) is 2.20. The Labute approximate surface area is 104 Å². The highest BCUT2D eigenvalue weighted by Crippen LogP contribution is 2.22. The molecule has 96 valence electrons. The summed E-state index contributed by atoms with van der Waals surface area (Å²) in [5.74, 6) is -2.18. The molecule has 0 saturated carbocycles. The molecule has 4 nitrogen and oxygen atoms in total. The van der Waals surface area contributed by atoms with Gasteiger partial charge in [-0.2, -0.15) is 0 Å². The normalized spacial score (nSPS) is 19.0. The number of carboxylic acids is 1. The molecule has 1 aromatic carbocycles. The van der Waals surface area contributed by atoms with Crippen LogP contribution in [0.3, 0.4) is 0 Å². The SMILES string of the molecule is Cc1ccc(F)c(C(=O)N2CCC[C@@H]2C(=O)O)c1. The average Bonchev–Trinajstić information content (AvgIpc) is 2.80. The Hall–Kier alpha value is -1.91. The van der Waals surface area contributed by atoms with Gasteiger partial charge in [-0.15, -0.1) is 0 Å². The lowest BCUT2D eigenvalue weighted by molar-refractivity contribution is -0.141. The highest BCUT2D eigenvalue weighted by molar-refractivity contribution is 5.97.